The van der Waals surface area contributed by atoms with E-state index in [1.807, 2.05) is 51.1 Å². The molecular formula is C29H37F3N6OS. The van der Waals surface area contributed by atoms with Gasteiger partial charge >= 0.3 is 6.03 Å². The summed E-state index contributed by atoms with van der Waals surface area (Å²) in [6.45, 7) is 6.98. The SMILES string of the molecule is CC(C)(C)[C@H](c1nc(-c2cc(F)ccc2F)nn1Cc1ccccc1)N(CCC(N)CF)C(=O)N1CCSCC1. The van der Waals surface area contributed by atoms with Gasteiger partial charge in [-0.1, -0.05) is 51.1 Å². The first kappa shape index (κ1) is 29.9. The van der Waals surface area contributed by atoms with Crippen molar-refractivity contribution in [2.75, 3.05) is 37.8 Å². The first-order valence-corrected chi connectivity index (χ1v) is 14.6. The highest BCUT2D eigenvalue weighted by Crippen LogP contribution is 2.39. The average Bonchev–Trinajstić information content (AvgIpc) is 3.34. The summed E-state index contributed by atoms with van der Waals surface area (Å²) in [6.07, 6.45) is 0.260. The molecule has 2 heterocycles. The molecule has 2 N–H and O–H groups in total. The highest BCUT2D eigenvalue weighted by molar-refractivity contribution is 7.99. The molecule has 3 aromatic rings. The number of benzene rings is 2. The number of hydrogen-bond acceptors (Lipinski definition) is 5. The zero-order chi connectivity index (χ0) is 28.9. The smallest absolute Gasteiger partial charge is 0.320 e. The molecule has 11 heteroatoms. The molecule has 0 bridgehead atoms. The minimum Gasteiger partial charge on any atom is -0.325 e. The van der Waals surface area contributed by atoms with Gasteiger partial charge in [-0.3, -0.25) is 0 Å². The summed E-state index contributed by atoms with van der Waals surface area (Å²) >= 11 is 1.79. The fourth-order valence-corrected chi connectivity index (χ4v) is 5.76. The van der Waals surface area contributed by atoms with Crippen LogP contribution in [-0.4, -0.2) is 74.5 Å². The van der Waals surface area contributed by atoms with Crippen LogP contribution >= 0.6 is 11.8 Å². The largest absolute Gasteiger partial charge is 0.325 e. The minimum atomic E-state index is -0.716. The molecule has 0 spiro atoms. The van der Waals surface area contributed by atoms with E-state index in [2.05, 4.69) is 5.10 Å². The number of halogens is 3. The lowest BCUT2D eigenvalue weighted by Gasteiger charge is -2.42. The van der Waals surface area contributed by atoms with Gasteiger partial charge in [-0.25, -0.2) is 27.6 Å². The Morgan fingerprint density at radius 3 is 2.48 bits per heavy atom. The normalized spacial score (nSPS) is 15.6. The Hall–Kier alpha value is -3.05. The number of nitrogens with two attached hydrogens (primary N) is 1. The molecule has 1 aromatic heterocycles. The Bertz CT molecular complexity index is 1280. The Morgan fingerprint density at radius 1 is 1.12 bits per heavy atom. The third-order valence-corrected chi connectivity index (χ3v) is 7.83. The van der Waals surface area contributed by atoms with Crippen molar-refractivity contribution < 1.29 is 18.0 Å². The summed E-state index contributed by atoms with van der Waals surface area (Å²) in [5, 5.41) is 4.64. The molecule has 0 radical (unpaired) electrons. The summed E-state index contributed by atoms with van der Waals surface area (Å²) in [5.41, 5.74) is 6.26. The molecule has 1 aliphatic rings. The minimum absolute atomic E-state index is 0.0272. The van der Waals surface area contributed by atoms with Crippen molar-refractivity contribution in [3.63, 3.8) is 0 Å². The van der Waals surface area contributed by atoms with Gasteiger partial charge in [-0.05, 0) is 35.6 Å². The average molecular weight is 575 g/mol. The van der Waals surface area contributed by atoms with E-state index in [9.17, 15) is 18.0 Å². The summed E-state index contributed by atoms with van der Waals surface area (Å²) in [7, 11) is 0. The molecular weight excluding hydrogens is 537 g/mol. The van der Waals surface area contributed by atoms with Crippen LogP contribution in [-0.2, 0) is 6.54 Å². The maximum absolute atomic E-state index is 14.9. The van der Waals surface area contributed by atoms with Crippen molar-refractivity contribution in [2.24, 2.45) is 11.1 Å². The van der Waals surface area contributed by atoms with Gasteiger partial charge in [0.2, 0.25) is 0 Å². The number of hydrogen-bond donors (Lipinski definition) is 1. The molecule has 1 aliphatic heterocycles. The second kappa shape index (κ2) is 13.1. The number of alkyl halides is 1. The number of amides is 2. The van der Waals surface area contributed by atoms with Crippen molar-refractivity contribution in [1.29, 1.82) is 0 Å². The number of thioether (sulfide) groups is 1. The number of carbonyl (C=O) groups is 1. The van der Waals surface area contributed by atoms with Crippen LogP contribution in [0.1, 0.15) is 44.6 Å². The monoisotopic (exact) mass is 574 g/mol. The molecule has 7 nitrogen and oxygen atoms in total. The zero-order valence-corrected chi connectivity index (χ0v) is 24.0. The van der Waals surface area contributed by atoms with Crippen LogP contribution in [0, 0.1) is 17.0 Å². The van der Waals surface area contributed by atoms with Crippen molar-refractivity contribution >= 4 is 17.8 Å². The van der Waals surface area contributed by atoms with Gasteiger partial charge in [-0.2, -0.15) is 16.9 Å². The number of nitrogens with zero attached hydrogens (tertiary/aromatic N) is 5. The number of rotatable bonds is 9. The lowest BCUT2D eigenvalue weighted by Crippen LogP contribution is -2.52. The van der Waals surface area contributed by atoms with E-state index in [0.717, 1.165) is 35.3 Å². The van der Waals surface area contributed by atoms with Crippen molar-refractivity contribution in [1.82, 2.24) is 24.6 Å². The van der Waals surface area contributed by atoms with Crippen LogP contribution < -0.4 is 5.73 Å². The molecule has 2 amide bonds. The first-order chi connectivity index (χ1) is 19.1. The Labute approximate surface area is 237 Å². The second-order valence-electron chi connectivity index (χ2n) is 11.1. The van der Waals surface area contributed by atoms with Gasteiger partial charge in [0.15, 0.2) is 11.6 Å². The highest BCUT2D eigenvalue weighted by Gasteiger charge is 2.40. The Kier molecular flexibility index (Phi) is 9.78. The van der Waals surface area contributed by atoms with E-state index in [1.165, 1.54) is 0 Å². The van der Waals surface area contributed by atoms with E-state index >= 15 is 0 Å². The first-order valence-electron chi connectivity index (χ1n) is 13.5. The van der Waals surface area contributed by atoms with Gasteiger partial charge in [-0.15, -0.1) is 0 Å². The molecule has 4 rings (SSSR count). The van der Waals surface area contributed by atoms with Crippen LogP contribution in [0.15, 0.2) is 48.5 Å². The lowest BCUT2D eigenvalue weighted by atomic mass is 9.84. The van der Waals surface area contributed by atoms with E-state index < -0.39 is 35.8 Å². The third kappa shape index (κ3) is 7.17. The van der Waals surface area contributed by atoms with Gasteiger partial charge in [0.25, 0.3) is 0 Å². The van der Waals surface area contributed by atoms with Gasteiger partial charge in [0.1, 0.15) is 18.3 Å². The number of aromatic nitrogens is 3. The molecule has 1 fully saturated rings. The fraction of sp³-hybridized carbons (Fsp3) is 0.483. The quantitative estimate of drug-likeness (QED) is 0.364. The highest BCUT2D eigenvalue weighted by atomic mass is 32.2. The number of urea groups is 1. The molecule has 1 unspecified atom stereocenters. The van der Waals surface area contributed by atoms with Gasteiger partial charge in [0, 0.05) is 37.2 Å². The molecule has 0 saturated carbocycles. The second-order valence-corrected chi connectivity index (χ2v) is 12.3. The van der Waals surface area contributed by atoms with Crippen LogP contribution in [0.3, 0.4) is 0 Å². The van der Waals surface area contributed by atoms with Crippen LogP contribution in [0.5, 0.6) is 0 Å². The van der Waals surface area contributed by atoms with Crippen LogP contribution in [0.2, 0.25) is 0 Å². The Balaban J connectivity index is 1.85. The summed E-state index contributed by atoms with van der Waals surface area (Å²) in [6, 6.07) is 11.2. The summed E-state index contributed by atoms with van der Waals surface area (Å²) in [4.78, 5) is 22.3. The topological polar surface area (TPSA) is 80.3 Å². The maximum Gasteiger partial charge on any atom is 0.320 e. The predicted octanol–water partition coefficient (Wildman–Crippen LogP) is 5.52. The molecule has 1 saturated heterocycles. The number of carbonyl (C=O) groups excluding carboxylic acids is 1. The predicted molar refractivity (Wildman–Crippen MR) is 153 cm³/mol. The summed E-state index contributed by atoms with van der Waals surface area (Å²) in [5.74, 6) is 0.867. The van der Waals surface area contributed by atoms with Gasteiger partial charge < -0.3 is 15.5 Å². The third-order valence-electron chi connectivity index (χ3n) is 6.89. The zero-order valence-electron chi connectivity index (χ0n) is 23.2. The van der Waals surface area contributed by atoms with Crippen molar-refractivity contribution in [3.8, 4) is 11.4 Å². The summed E-state index contributed by atoms with van der Waals surface area (Å²) < 4.78 is 44.1. The van der Waals surface area contributed by atoms with Crippen molar-refractivity contribution in [3.05, 3.63) is 71.6 Å². The molecule has 216 valence electrons. The Morgan fingerprint density at radius 2 is 1.82 bits per heavy atom. The molecule has 2 aromatic carbocycles. The lowest BCUT2D eigenvalue weighted by molar-refractivity contribution is 0.0823. The van der Waals surface area contributed by atoms with Crippen molar-refractivity contribution in [2.45, 2.75) is 45.8 Å². The fourth-order valence-electron chi connectivity index (χ4n) is 4.86. The van der Waals surface area contributed by atoms with Crippen LogP contribution in [0.4, 0.5) is 18.0 Å². The van der Waals surface area contributed by atoms with E-state index in [-0.39, 0.29) is 30.4 Å². The standard InChI is InChI=1S/C29H37F3N6OS/c1-29(2,3)25(37(12-11-22(33)18-30)28(39)36-13-15-40-16-14-36)27-34-26(23-17-21(31)9-10-24(23)32)35-38(27)19-20-7-5-4-6-8-20/h4-10,17,22,25H,11-16,18-19,33H2,1-3H3/t22?,25-/m0/s1. The molecule has 2 atom stereocenters. The molecule has 40 heavy (non-hydrogen) atoms. The van der Waals surface area contributed by atoms with E-state index in [4.69, 9.17) is 10.7 Å². The van der Waals surface area contributed by atoms with Crippen LogP contribution in [0.25, 0.3) is 11.4 Å². The maximum atomic E-state index is 14.9. The van der Waals surface area contributed by atoms with Gasteiger partial charge in [0.05, 0.1) is 18.2 Å². The van der Waals surface area contributed by atoms with E-state index in [0.29, 0.717) is 25.5 Å². The molecule has 0 aliphatic carbocycles. The van der Waals surface area contributed by atoms with E-state index in [1.54, 1.807) is 26.2 Å².